The summed E-state index contributed by atoms with van der Waals surface area (Å²) in [6, 6.07) is 9.83. The summed E-state index contributed by atoms with van der Waals surface area (Å²) < 4.78 is 6.17. The number of Topliss-reactive ketones (excluding diaryl/α,β-unsaturated/α-hetero) is 1. The van der Waals surface area contributed by atoms with Crippen molar-refractivity contribution in [2.75, 3.05) is 5.32 Å². The first-order valence-corrected chi connectivity index (χ1v) is 6.90. The highest BCUT2D eigenvalue weighted by Gasteiger charge is 2.13. The quantitative estimate of drug-likeness (QED) is 0.742. The van der Waals surface area contributed by atoms with Crippen LogP contribution in [0.1, 0.15) is 17.3 Å². The van der Waals surface area contributed by atoms with Gasteiger partial charge in [0.25, 0.3) is 0 Å². The van der Waals surface area contributed by atoms with Gasteiger partial charge in [0.1, 0.15) is 6.54 Å². The number of hydrogen-bond donors (Lipinski definition) is 1. The molecule has 7 heteroatoms. The van der Waals surface area contributed by atoms with Crippen LogP contribution in [0.4, 0.5) is 5.69 Å². The molecular formula is C16H13N3O4. The van der Waals surface area contributed by atoms with Gasteiger partial charge in [-0.25, -0.2) is 14.3 Å². The van der Waals surface area contributed by atoms with Crippen molar-refractivity contribution in [3.63, 3.8) is 0 Å². The van der Waals surface area contributed by atoms with E-state index in [9.17, 15) is 14.4 Å². The van der Waals surface area contributed by atoms with E-state index in [1.165, 1.54) is 13.1 Å². The zero-order valence-electron chi connectivity index (χ0n) is 12.3. The van der Waals surface area contributed by atoms with Gasteiger partial charge in [-0.1, -0.05) is 12.1 Å². The molecule has 0 saturated heterocycles. The monoisotopic (exact) mass is 311 g/mol. The maximum atomic E-state index is 12.1. The molecule has 0 bridgehead atoms. The SMILES string of the molecule is CC(=O)c1cccc(NC(=O)Cn2c(=O)oc3cccnc32)c1. The first-order valence-electron chi connectivity index (χ1n) is 6.90. The Morgan fingerprint density at radius 2 is 2.09 bits per heavy atom. The smallest absolute Gasteiger partial charge is 0.406 e. The molecule has 0 radical (unpaired) electrons. The topological polar surface area (TPSA) is 94.2 Å². The number of carbonyl (C=O) groups excluding carboxylic acids is 2. The van der Waals surface area contributed by atoms with Gasteiger partial charge in [-0.3, -0.25) is 9.59 Å². The number of benzene rings is 1. The zero-order chi connectivity index (χ0) is 16.4. The molecule has 2 aromatic heterocycles. The summed E-state index contributed by atoms with van der Waals surface area (Å²) in [5.41, 5.74) is 1.61. The fourth-order valence-electron chi connectivity index (χ4n) is 2.20. The van der Waals surface area contributed by atoms with Crippen LogP contribution >= 0.6 is 0 Å². The van der Waals surface area contributed by atoms with Crippen LogP contribution in [-0.4, -0.2) is 21.2 Å². The summed E-state index contributed by atoms with van der Waals surface area (Å²) >= 11 is 0. The van der Waals surface area contributed by atoms with E-state index in [-0.39, 0.29) is 12.3 Å². The largest absolute Gasteiger partial charge is 0.421 e. The van der Waals surface area contributed by atoms with Crippen molar-refractivity contribution in [2.45, 2.75) is 13.5 Å². The molecule has 0 fully saturated rings. The average molecular weight is 311 g/mol. The van der Waals surface area contributed by atoms with E-state index in [4.69, 9.17) is 4.42 Å². The van der Waals surface area contributed by atoms with Gasteiger partial charge in [-0.2, -0.15) is 0 Å². The molecule has 3 aromatic rings. The molecule has 0 atom stereocenters. The van der Waals surface area contributed by atoms with Crippen molar-refractivity contribution in [2.24, 2.45) is 0 Å². The second-order valence-corrected chi connectivity index (χ2v) is 4.96. The van der Waals surface area contributed by atoms with Gasteiger partial charge in [0, 0.05) is 17.4 Å². The standard InChI is InChI=1S/C16H13N3O4/c1-10(20)11-4-2-5-12(8-11)18-14(21)9-19-15-13(23-16(19)22)6-3-7-17-15/h2-8H,9H2,1H3,(H,18,21). The first kappa shape index (κ1) is 14.7. The van der Waals surface area contributed by atoms with Crippen LogP contribution in [0.2, 0.25) is 0 Å². The predicted molar refractivity (Wildman–Crippen MR) is 83.3 cm³/mol. The minimum atomic E-state index is -0.647. The van der Waals surface area contributed by atoms with E-state index in [1.807, 2.05) is 0 Å². The Morgan fingerprint density at radius 3 is 2.87 bits per heavy atom. The van der Waals surface area contributed by atoms with Crippen LogP contribution in [0.3, 0.4) is 0 Å². The van der Waals surface area contributed by atoms with E-state index in [1.54, 1.807) is 36.4 Å². The van der Waals surface area contributed by atoms with Crippen molar-refractivity contribution in [3.05, 3.63) is 58.7 Å². The summed E-state index contributed by atoms with van der Waals surface area (Å²) in [6.45, 7) is 1.22. The fourth-order valence-corrected chi connectivity index (χ4v) is 2.20. The Bertz CT molecular complexity index is 955. The summed E-state index contributed by atoms with van der Waals surface area (Å²) in [6.07, 6.45) is 1.52. The van der Waals surface area contributed by atoms with Crippen molar-refractivity contribution in [1.82, 2.24) is 9.55 Å². The third kappa shape index (κ3) is 3.03. The van der Waals surface area contributed by atoms with Crippen molar-refractivity contribution in [3.8, 4) is 0 Å². The molecule has 0 aliphatic rings. The Labute approximate surface area is 130 Å². The van der Waals surface area contributed by atoms with Crippen LogP contribution in [-0.2, 0) is 11.3 Å². The molecule has 3 rings (SSSR count). The van der Waals surface area contributed by atoms with Crippen LogP contribution < -0.4 is 11.1 Å². The highest BCUT2D eigenvalue weighted by molar-refractivity contribution is 5.97. The second-order valence-electron chi connectivity index (χ2n) is 4.96. The lowest BCUT2D eigenvalue weighted by atomic mass is 10.1. The van der Waals surface area contributed by atoms with Crippen LogP contribution in [0.15, 0.2) is 51.8 Å². The number of nitrogens with one attached hydrogen (secondary N) is 1. The van der Waals surface area contributed by atoms with Crippen molar-refractivity contribution >= 4 is 28.6 Å². The second kappa shape index (κ2) is 5.88. The lowest BCUT2D eigenvalue weighted by Crippen LogP contribution is -2.25. The molecule has 7 nitrogen and oxygen atoms in total. The number of carbonyl (C=O) groups is 2. The van der Waals surface area contributed by atoms with Crippen LogP contribution in [0.25, 0.3) is 11.2 Å². The van der Waals surface area contributed by atoms with E-state index >= 15 is 0 Å². The van der Waals surface area contributed by atoms with Gasteiger partial charge >= 0.3 is 5.76 Å². The first-order chi connectivity index (χ1) is 11.0. The molecule has 1 N–H and O–H groups in total. The lowest BCUT2D eigenvalue weighted by Gasteiger charge is -2.06. The van der Waals surface area contributed by atoms with E-state index in [2.05, 4.69) is 10.3 Å². The molecule has 2 heterocycles. The molecule has 0 saturated carbocycles. The fraction of sp³-hybridized carbons (Fsp3) is 0.125. The Hall–Kier alpha value is -3.22. The number of ketones is 1. The number of hydrogen-bond acceptors (Lipinski definition) is 5. The number of fused-ring (bicyclic) bond motifs is 1. The maximum Gasteiger partial charge on any atom is 0.421 e. The lowest BCUT2D eigenvalue weighted by molar-refractivity contribution is -0.116. The molecule has 0 aliphatic heterocycles. The number of aromatic nitrogens is 2. The predicted octanol–water partition coefficient (Wildman–Crippen LogP) is 1.83. The number of rotatable bonds is 4. The van der Waals surface area contributed by atoms with E-state index < -0.39 is 11.7 Å². The summed E-state index contributed by atoms with van der Waals surface area (Å²) in [5.74, 6) is -1.16. The van der Waals surface area contributed by atoms with Gasteiger partial charge in [0.15, 0.2) is 17.0 Å². The molecule has 0 unspecified atom stereocenters. The maximum absolute atomic E-state index is 12.1. The minimum Gasteiger partial charge on any atom is -0.406 e. The molecule has 1 aromatic carbocycles. The Morgan fingerprint density at radius 1 is 1.26 bits per heavy atom. The minimum absolute atomic E-state index is 0.0950. The van der Waals surface area contributed by atoms with Crippen molar-refractivity contribution in [1.29, 1.82) is 0 Å². The third-order valence-corrected chi connectivity index (χ3v) is 3.28. The van der Waals surface area contributed by atoms with Gasteiger partial charge in [0.2, 0.25) is 5.91 Å². The third-order valence-electron chi connectivity index (χ3n) is 3.28. The number of anilines is 1. The molecular weight excluding hydrogens is 298 g/mol. The summed E-state index contributed by atoms with van der Waals surface area (Å²) in [7, 11) is 0. The summed E-state index contributed by atoms with van der Waals surface area (Å²) in [5, 5.41) is 2.65. The van der Waals surface area contributed by atoms with Gasteiger partial charge in [0.05, 0.1) is 0 Å². The number of amides is 1. The molecule has 1 amide bonds. The van der Waals surface area contributed by atoms with Gasteiger partial charge in [-0.15, -0.1) is 0 Å². The van der Waals surface area contributed by atoms with Crippen molar-refractivity contribution < 1.29 is 14.0 Å². The van der Waals surface area contributed by atoms with Gasteiger partial charge < -0.3 is 9.73 Å². The molecule has 0 aliphatic carbocycles. The molecule has 0 spiro atoms. The zero-order valence-corrected chi connectivity index (χ0v) is 12.3. The highest BCUT2D eigenvalue weighted by atomic mass is 16.4. The Balaban J connectivity index is 1.82. The van der Waals surface area contributed by atoms with E-state index in [0.29, 0.717) is 22.5 Å². The number of nitrogens with zero attached hydrogens (tertiary/aromatic N) is 2. The molecule has 23 heavy (non-hydrogen) atoms. The van der Waals surface area contributed by atoms with Gasteiger partial charge in [-0.05, 0) is 31.2 Å². The Kier molecular flexibility index (Phi) is 3.76. The number of pyridine rings is 1. The van der Waals surface area contributed by atoms with Crippen LogP contribution in [0.5, 0.6) is 0 Å². The highest BCUT2D eigenvalue weighted by Crippen LogP contribution is 2.12. The normalized spacial score (nSPS) is 10.7. The van der Waals surface area contributed by atoms with E-state index in [0.717, 1.165) is 4.57 Å². The van der Waals surface area contributed by atoms with Crippen LogP contribution in [0, 0.1) is 0 Å². The number of oxazole rings is 1. The summed E-state index contributed by atoms with van der Waals surface area (Å²) in [4.78, 5) is 39.3. The average Bonchev–Trinajstić information content (AvgIpc) is 2.83. The molecule has 116 valence electrons.